The Bertz CT molecular complexity index is 1280. The molecule has 158 valence electrons. The lowest BCUT2D eigenvalue weighted by Crippen LogP contribution is -2.35. The highest BCUT2D eigenvalue weighted by molar-refractivity contribution is 5.92. The highest BCUT2D eigenvalue weighted by Gasteiger charge is 2.30. The van der Waals surface area contributed by atoms with E-state index in [9.17, 15) is 14.7 Å². The molecule has 0 saturated heterocycles. The van der Waals surface area contributed by atoms with Crippen LogP contribution in [-0.4, -0.2) is 23.8 Å². The quantitative estimate of drug-likeness (QED) is 0.444. The Kier molecular flexibility index (Phi) is 5.07. The van der Waals surface area contributed by atoms with Gasteiger partial charge in [-0.05, 0) is 38.6 Å². The van der Waals surface area contributed by atoms with Gasteiger partial charge in [0.1, 0.15) is 6.61 Å². The number of aliphatic carboxylic acids is 1. The van der Waals surface area contributed by atoms with E-state index in [4.69, 9.17) is 4.74 Å². The summed E-state index contributed by atoms with van der Waals surface area (Å²) < 4.78 is 5.54. The maximum absolute atomic E-state index is 12.7. The standard InChI is InChI=1S/C27H21NO4/c29-26(30)25(23-15-7-9-17-8-1-2-10-18(17)23)28-27(31)32-16-24-21-13-5-3-11-19(21)20-12-4-6-14-22(20)24/h1-15,24-25H,16H2,(H,28,31)(H,29,30)/t25-/m1/s1. The minimum absolute atomic E-state index is 0.0889. The van der Waals surface area contributed by atoms with Crippen molar-refractivity contribution in [2.75, 3.05) is 6.61 Å². The van der Waals surface area contributed by atoms with Crippen molar-refractivity contribution in [1.82, 2.24) is 5.32 Å². The van der Waals surface area contributed by atoms with Crippen molar-refractivity contribution in [2.45, 2.75) is 12.0 Å². The third kappa shape index (κ3) is 3.48. The predicted octanol–water partition coefficient (Wildman–Crippen LogP) is 5.50. The summed E-state index contributed by atoms with van der Waals surface area (Å²) in [6.07, 6.45) is -0.757. The molecule has 0 radical (unpaired) electrons. The van der Waals surface area contributed by atoms with Crippen LogP contribution in [0.5, 0.6) is 0 Å². The van der Waals surface area contributed by atoms with E-state index in [1.165, 1.54) is 0 Å². The molecular formula is C27H21NO4. The second kappa shape index (κ2) is 8.19. The predicted molar refractivity (Wildman–Crippen MR) is 123 cm³/mol. The molecule has 0 bridgehead atoms. The van der Waals surface area contributed by atoms with Crippen molar-refractivity contribution in [3.05, 3.63) is 108 Å². The lowest BCUT2D eigenvalue weighted by molar-refractivity contribution is -0.139. The third-order valence-corrected chi connectivity index (χ3v) is 5.99. The molecule has 0 saturated carbocycles. The van der Waals surface area contributed by atoms with Gasteiger partial charge in [-0.2, -0.15) is 0 Å². The number of carbonyl (C=O) groups excluding carboxylic acids is 1. The van der Waals surface area contributed by atoms with E-state index in [1.807, 2.05) is 66.7 Å². The van der Waals surface area contributed by atoms with Gasteiger partial charge in [-0.15, -0.1) is 0 Å². The third-order valence-electron chi connectivity index (χ3n) is 5.99. The molecule has 5 rings (SSSR count). The summed E-state index contributed by atoms with van der Waals surface area (Å²) in [4.78, 5) is 24.6. The molecule has 0 spiro atoms. The average molecular weight is 423 g/mol. The fourth-order valence-electron chi connectivity index (χ4n) is 4.53. The second-order valence-electron chi connectivity index (χ2n) is 7.81. The molecule has 2 N–H and O–H groups in total. The number of benzene rings is 4. The number of carboxylic acids is 1. The summed E-state index contributed by atoms with van der Waals surface area (Å²) in [6, 6.07) is 27.8. The Morgan fingerprint density at radius 2 is 1.41 bits per heavy atom. The van der Waals surface area contributed by atoms with Gasteiger partial charge in [0.2, 0.25) is 0 Å². The number of hydrogen-bond acceptors (Lipinski definition) is 3. The van der Waals surface area contributed by atoms with Gasteiger partial charge in [-0.3, -0.25) is 0 Å². The Hall–Kier alpha value is -4.12. The fourth-order valence-corrected chi connectivity index (χ4v) is 4.53. The summed E-state index contributed by atoms with van der Waals surface area (Å²) in [5, 5.41) is 14.0. The maximum Gasteiger partial charge on any atom is 0.408 e. The number of hydrogen-bond donors (Lipinski definition) is 2. The smallest absolute Gasteiger partial charge is 0.408 e. The largest absolute Gasteiger partial charge is 0.479 e. The van der Waals surface area contributed by atoms with E-state index in [2.05, 4.69) is 17.4 Å². The van der Waals surface area contributed by atoms with Gasteiger partial charge in [0.15, 0.2) is 6.04 Å². The minimum atomic E-state index is -1.21. The first-order valence-corrected chi connectivity index (χ1v) is 10.5. The highest BCUT2D eigenvalue weighted by Crippen LogP contribution is 2.44. The van der Waals surface area contributed by atoms with Gasteiger partial charge in [-0.1, -0.05) is 91.0 Å². The van der Waals surface area contributed by atoms with E-state index >= 15 is 0 Å². The lowest BCUT2D eigenvalue weighted by atomic mass is 9.98. The highest BCUT2D eigenvalue weighted by atomic mass is 16.5. The number of fused-ring (bicyclic) bond motifs is 4. The van der Waals surface area contributed by atoms with Crippen molar-refractivity contribution in [3.8, 4) is 11.1 Å². The molecule has 1 aliphatic rings. The zero-order valence-corrected chi connectivity index (χ0v) is 17.2. The molecule has 5 nitrogen and oxygen atoms in total. The van der Waals surface area contributed by atoms with E-state index in [1.54, 1.807) is 12.1 Å². The van der Waals surface area contributed by atoms with Crippen LogP contribution < -0.4 is 5.32 Å². The zero-order chi connectivity index (χ0) is 22.1. The number of alkyl carbamates (subject to hydrolysis) is 1. The number of ether oxygens (including phenoxy) is 1. The van der Waals surface area contributed by atoms with Gasteiger partial charge >= 0.3 is 12.1 Å². The van der Waals surface area contributed by atoms with E-state index in [0.717, 1.165) is 33.0 Å². The van der Waals surface area contributed by atoms with Crippen LogP contribution in [0.3, 0.4) is 0 Å². The Morgan fingerprint density at radius 3 is 2.09 bits per heavy atom. The van der Waals surface area contributed by atoms with Crippen molar-refractivity contribution in [1.29, 1.82) is 0 Å². The van der Waals surface area contributed by atoms with Crippen molar-refractivity contribution < 1.29 is 19.4 Å². The van der Waals surface area contributed by atoms with Gasteiger partial charge in [0.25, 0.3) is 0 Å². The van der Waals surface area contributed by atoms with Crippen LogP contribution >= 0.6 is 0 Å². The van der Waals surface area contributed by atoms with E-state index in [0.29, 0.717) is 5.56 Å². The maximum atomic E-state index is 12.7. The molecule has 32 heavy (non-hydrogen) atoms. The lowest BCUT2D eigenvalue weighted by Gasteiger charge is -2.19. The summed E-state index contributed by atoms with van der Waals surface area (Å²) in [7, 11) is 0. The number of carboxylic acid groups (broad SMARTS) is 1. The summed E-state index contributed by atoms with van der Waals surface area (Å²) >= 11 is 0. The van der Waals surface area contributed by atoms with Crippen molar-refractivity contribution in [2.24, 2.45) is 0 Å². The van der Waals surface area contributed by atoms with Crippen LogP contribution in [0.1, 0.15) is 28.7 Å². The Morgan fingerprint density at radius 1 is 0.812 bits per heavy atom. The van der Waals surface area contributed by atoms with Gasteiger partial charge < -0.3 is 15.2 Å². The average Bonchev–Trinajstić information content (AvgIpc) is 3.14. The van der Waals surface area contributed by atoms with Crippen LogP contribution in [0.15, 0.2) is 91.0 Å². The monoisotopic (exact) mass is 423 g/mol. The van der Waals surface area contributed by atoms with Crippen molar-refractivity contribution in [3.63, 3.8) is 0 Å². The molecule has 1 atom stereocenters. The molecule has 0 fully saturated rings. The van der Waals surface area contributed by atoms with Gasteiger partial charge in [0.05, 0.1) is 0 Å². The molecule has 0 aliphatic heterocycles. The molecule has 1 amide bonds. The first kappa shape index (κ1) is 19.8. The molecular weight excluding hydrogens is 402 g/mol. The summed E-state index contributed by atoms with van der Waals surface area (Å²) in [6.45, 7) is 0.127. The molecule has 4 aromatic carbocycles. The van der Waals surface area contributed by atoms with Crippen LogP contribution in [0.4, 0.5) is 4.79 Å². The molecule has 1 aliphatic carbocycles. The normalized spacial score (nSPS) is 13.2. The van der Waals surface area contributed by atoms with Gasteiger partial charge in [-0.25, -0.2) is 9.59 Å². The van der Waals surface area contributed by atoms with Crippen LogP contribution in [0.25, 0.3) is 21.9 Å². The van der Waals surface area contributed by atoms with Crippen LogP contribution in [-0.2, 0) is 9.53 Å². The first-order chi connectivity index (χ1) is 15.6. The fraction of sp³-hybridized carbons (Fsp3) is 0.111. The molecule has 0 heterocycles. The minimum Gasteiger partial charge on any atom is -0.479 e. The topological polar surface area (TPSA) is 75.6 Å². The zero-order valence-electron chi connectivity index (χ0n) is 17.2. The van der Waals surface area contributed by atoms with Gasteiger partial charge in [0, 0.05) is 5.92 Å². The van der Waals surface area contributed by atoms with E-state index in [-0.39, 0.29) is 12.5 Å². The van der Waals surface area contributed by atoms with Crippen LogP contribution in [0, 0.1) is 0 Å². The van der Waals surface area contributed by atoms with Crippen molar-refractivity contribution >= 4 is 22.8 Å². The summed E-state index contributed by atoms with van der Waals surface area (Å²) in [5.74, 6) is -1.23. The molecule has 4 aromatic rings. The molecule has 0 aromatic heterocycles. The first-order valence-electron chi connectivity index (χ1n) is 10.5. The second-order valence-corrected chi connectivity index (χ2v) is 7.81. The SMILES string of the molecule is O=C(N[C@@H](C(=O)O)c1cccc2ccccc12)OCC1c2ccccc2-c2ccccc21. The Labute approximate surface area is 185 Å². The number of nitrogens with one attached hydrogen (secondary N) is 1. The Balaban J connectivity index is 1.36. The molecule has 0 unspecified atom stereocenters. The number of carbonyl (C=O) groups is 2. The number of amides is 1. The van der Waals surface area contributed by atoms with Crippen LogP contribution in [0.2, 0.25) is 0 Å². The van der Waals surface area contributed by atoms with E-state index < -0.39 is 18.1 Å². The number of rotatable bonds is 5. The molecule has 5 heteroatoms. The summed E-state index contributed by atoms with van der Waals surface area (Å²) in [5.41, 5.74) is 4.99.